The Kier molecular flexibility index (Phi) is 2.57. The highest BCUT2D eigenvalue weighted by Gasteiger charge is 2.37. The molecule has 4 nitrogen and oxygen atoms in total. The Labute approximate surface area is 128 Å². The van der Waals surface area contributed by atoms with Crippen LogP contribution in [0.5, 0.6) is 0 Å². The largest absolute Gasteiger partial charge is 0.378 e. The lowest BCUT2D eigenvalue weighted by atomic mass is 9.85. The van der Waals surface area contributed by atoms with Crippen molar-refractivity contribution in [3.8, 4) is 0 Å². The summed E-state index contributed by atoms with van der Waals surface area (Å²) < 4.78 is 0. The Morgan fingerprint density at radius 3 is 2.59 bits per heavy atom. The van der Waals surface area contributed by atoms with E-state index in [2.05, 4.69) is 4.98 Å². The van der Waals surface area contributed by atoms with E-state index in [0.717, 1.165) is 16.8 Å². The molecule has 4 heteroatoms. The van der Waals surface area contributed by atoms with Crippen molar-refractivity contribution < 1.29 is 9.59 Å². The number of allylic oxidation sites excluding steroid dienone is 2. The summed E-state index contributed by atoms with van der Waals surface area (Å²) in [6.45, 7) is 0. The van der Waals surface area contributed by atoms with Gasteiger partial charge in [0.15, 0.2) is 11.6 Å². The number of benzene rings is 1. The molecule has 0 unspecified atom stereocenters. The van der Waals surface area contributed by atoms with Crippen molar-refractivity contribution in [1.82, 2.24) is 4.98 Å². The van der Waals surface area contributed by atoms with Gasteiger partial charge in [0.25, 0.3) is 0 Å². The van der Waals surface area contributed by atoms with Crippen LogP contribution in [0, 0.1) is 0 Å². The number of anilines is 1. The molecule has 2 aromatic rings. The normalized spacial score (nSPS) is 15.5. The third-order valence-electron chi connectivity index (χ3n) is 4.36. The number of aromatic nitrogens is 1. The minimum Gasteiger partial charge on any atom is -0.378 e. The summed E-state index contributed by atoms with van der Waals surface area (Å²) in [4.78, 5) is 31.5. The summed E-state index contributed by atoms with van der Waals surface area (Å²) in [5, 5.41) is 0. The number of nitrogens with zero attached hydrogens (tertiary/aromatic N) is 2. The minimum absolute atomic E-state index is 0.0467. The van der Waals surface area contributed by atoms with Crippen molar-refractivity contribution in [3.63, 3.8) is 0 Å². The number of hydrogen-bond donors (Lipinski definition) is 0. The second-order valence-electron chi connectivity index (χ2n) is 5.85. The Balaban J connectivity index is 1.93. The molecule has 0 radical (unpaired) electrons. The van der Waals surface area contributed by atoms with Crippen LogP contribution in [0.3, 0.4) is 0 Å². The lowest BCUT2D eigenvalue weighted by Crippen LogP contribution is -2.19. The summed E-state index contributed by atoms with van der Waals surface area (Å²) in [6, 6.07) is 7.64. The fraction of sp³-hybridized carbons (Fsp3) is 0.167. The van der Waals surface area contributed by atoms with Gasteiger partial charge in [-0.2, -0.15) is 0 Å². The predicted molar refractivity (Wildman–Crippen MR) is 84.3 cm³/mol. The van der Waals surface area contributed by atoms with Gasteiger partial charge >= 0.3 is 0 Å². The topological polar surface area (TPSA) is 50.3 Å². The first-order chi connectivity index (χ1) is 10.6. The van der Waals surface area contributed by atoms with Crippen LogP contribution >= 0.6 is 0 Å². The minimum atomic E-state index is -0.0904. The van der Waals surface area contributed by atoms with E-state index in [-0.39, 0.29) is 11.6 Å². The summed E-state index contributed by atoms with van der Waals surface area (Å²) in [5.41, 5.74) is 5.00. The van der Waals surface area contributed by atoms with Gasteiger partial charge in [-0.05, 0) is 29.3 Å². The molecule has 0 amide bonds. The van der Waals surface area contributed by atoms with Gasteiger partial charge in [-0.1, -0.05) is 6.07 Å². The second kappa shape index (κ2) is 4.37. The van der Waals surface area contributed by atoms with Crippen LogP contribution in [0.2, 0.25) is 0 Å². The van der Waals surface area contributed by atoms with E-state index in [4.69, 9.17) is 0 Å². The standard InChI is InChI=1S/C18H14N2O2/c1-20(2)11-4-3-10-7-14-16(13(10)8-11)18(22)15-9-19-6-5-12(15)17(14)21/h3-6,8-9H,7H2,1-2H3. The summed E-state index contributed by atoms with van der Waals surface area (Å²) >= 11 is 0. The van der Waals surface area contributed by atoms with Crippen LogP contribution in [0.15, 0.2) is 42.2 Å². The van der Waals surface area contributed by atoms with Crippen molar-refractivity contribution in [2.75, 3.05) is 19.0 Å². The van der Waals surface area contributed by atoms with Crippen LogP contribution in [-0.2, 0) is 6.42 Å². The average Bonchev–Trinajstić information content (AvgIpc) is 2.91. The lowest BCUT2D eigenvalue weighted by Gasteiger charge is -2.17. The van der Waals surface area contributed by atoms with Crippen molar-refractivity contribution >= 4 is 22.8 Å². The molecule has 0 fully saturated rings. The number of carbonyl (C=O) groups is 2. The highest BCUT2D eigenvalue weighted by atomic mass is 16.1. The third kappa shape index (κ3) is 1.61. The Morgan fingerprint density at radius 2 is 1.82 bits per heavy atom. The molecular weight excluding hydrogens is 276 g/mol. The van der Waals surface area contributed by atoms with Crippen LogP contribution in [-0.4, -0.2) is 30.6 Å². The zero-order valence-electron chi connectivity index (χ0n) is 12.4. The molecule has 22 heavy (non-hydrogen) atoms. The van der Waals surface area contributed by atoms with E-state index in [1.165, 1.54) is 6.20 Å². The molecule has 108 valence electrons. The van der Waals surface area contributed by atoms with Crippen LogP contribution < -0.4 is 4.90 Å². The Hall–Kier alpha value is -2.75. The fourth-order valence-corrected chi connectivity index (χ4v) is 3.19. The summed E-state index contributed by atoms with van der Waals surface area (Å²) in [5.74, 6) is -0.137. The number of ketones is 2. The molecule has 1 aromatic heterocycles. The van der Waals surface area contributed by atoms with E-state index >= 15 is 0 Å². The van der Waals surface area contributed by atoms with Gasteiger partial charge in [0, 0.05) is 55.3 Å². The summed E-state index contributed by atoms with van der Waals surface area (Å²) in [6.07, 6.45) is 3.58. The molecule has 0 N–H and O–H groups in total. The number of Topliss-reactive ketones (excluding diaryl/α,β-unsaturated/α-hetero) is 2. The molecule has 0 spiro atoms. The quantitative estimate of drug-likeness (QED) is 0.810. The van der Waals surface area contributed by atoms with Gasteiger partial charge in [0.1, 0.15) is 0 Å². The van der Waals surface area contributed by atoms with Gasteiger partial charge in [0.2, 0.25) is 0 Å². The van der Waals surface area contributed by atoms with Crippen LogP contribution in [0.1, 0.15) is 31.8 Å². The Bertz CT molecular complexity index is 878. The van der Waals surface area contributed by atoms with E-state index in [9.17, 15) is 9.59 Å². The highest BCUT2D eigenvalue weighted by Crippen LogP contribution is 2.41. The molecule has 2 aliphatic rings. The smallest absolute Gasteiger partial charge is 0.196 e. The van der Waals surface area contributed by atoms with E-state index in [1.54, 1.807) is 12.3 Å². The maximum absolute atomic E-state index is 12.8. The third-order valence-corrected chi connectivity index (χ3v) is 4.36. The number of fused-ring (bicyclic) bond motifs is 3. The van der Waals surface area contributed by atoms with Crippen molar-refractivity contribution in [1.29, 1.82) is 0 Å². The first kappa shape index (κ1) is 13.0. The van der Waals surface area contributed by atoms with Gasteiger partial charge in [-0.3, -0.25) is 14.6 Å². The molecule has 2 aliphatic carbocycles. The van der Waals surface area contributed by atoms with Gasteiger partial charge in [0.05, 0.1) is 5.56 Å². The van der Waals surface area contributed by atoms with E-state index in [1.807, 2.05) is 37.2 Å². The molecule has 0 aliphatic heterocycles. The monoisotopic (exact) mass is 290 g/mol. The summed E-state index contributed by atoms with van der Waals surface area (Å²) in [7, 11) is 3.91. The fourth-order valence-electron chi connectivity index (χ4n) is 3.19. The molecule has 1 aromatic carbocycles. The molecule has 4 rings (SSSR count). The van der Waals surface area contributed by atoms with Crippen LogP contribution in [0.4, 0.5) is 5.69 Å². The molecule has 1 heterocycles. The Morgan fingerprint density at radius 1 is 1.00 bits per heavy atom. The zero-order chi connectivity index (χ0) is 15.4. The molecule has 0 bridgehead atoms. The molecule has 0 atom stereocenters. The van der Waals surface area contributed by atoms with E-state index in [0.29, 0.717) is 28.7 Å². The molecular formula is C18H14N2O2. The lowest BCUT2D eigenvalue weighted by molar-refractivity contribution is 0.0991. The maximum Gasteiger partial charge on any atom is 0.196 e. The zero-order valence-corrected chi connectivity index (χ0v) is 12.4. The molecule has 0 saturated heterocycles. The SMILES string of the molecule is CN(C)c1ccc2c(c1)C1=C(C2)C(=O)c2ccncc2C1=O. The second-order valence-corrected chi connectivity index (χ2v) is 5.85. The van der Waals surface area contributed by atoms with Gasteiger partial charge in [-0.15, -0.1) is 0 Å². The first-order valence-electron chi connectivity index (χ1n) is 7.15. The first-order valence-corrected chi connectivity index (χ1v) is 7.15. The number of rotatable bonds is 1. The molecule has 0 saturated carbocycles. The number of pyridine rings is 1. The maximum atomic E-state index is 12.8. The predicted octanol–water partition coefficient (Wildman–Crippen LogP) is 2.54. The van der Waals surface area contributed by atoms with Crippen molar-refractivity contribution in [3.05, 3.63) is 64.5 Å². The average molecular weight is 290 g/mol. The van der Waals surface area contributed by atoms with Gasteiger partial charge < -0.3 is 4.90 Å². The van der Waals surface area contributed by atoms with Crippen LogP contribution in [0.25, 0.3) is 5.57 Å². The van der Waals surface area contributed by atoms with E-state index < -0.39 is 0 Å². The van der Waals surface area contributed by atoms with Crippen molar-refractivity contribution in [2.45, 2.75) is 6.42 Å². The number of carbonyl (C=O) groups excluding carboxylic acids is 2. The van der Waals surface area contributed by atoms with Gasteiger partial charge in [-0.25, -0.2) is 0 Å². The van der Waals surface area contributed by atoms with Crippen molar-refractivity contribution in [2.24, 2.45) is 0 Å². The highest BCUT2D eigenvalue weighted by molar-refractivity contribution is 6.41. The number of hydrogen-bond acceptors (Lipinski definition) is 4.